The number of nitrogens with zero attached hydrogens (tertiary/aromatic N) is 3. The lowest BCUT2D eigenvalue weighted by Gasteiger charge is -2.07. The highest BCUT2D eigenvalue weighted by atomic mass is 32.2. The second-order valence-electron chi connectivity index (χ2n) is 7.24. The Balaban J connectivity index is 1.27. The third-order valence-corrected chi connectivity index (χ3v) is 6.24. The lowest BCUT2D eigenvalue weighted by atomic mass is 10.2. The largest absolute Gasteiger partial charge is 0.497 e. The number of hydrogen-bond donors (Lipinski definition) is 2. The lowest BCUT2D eigenvalue weighted by molar-refractivity contribution is -0.120. The van der Waals surface area contributed by atoms with Gasteiger partial charge in [0.15, 0.2) is 0 Å². The van der Waals surface area contributed by atoms with E-state index in [1.54, 1.807) is 13.2 Å². The zero-order valence-corrected chi connectivity index (χ0v) is 19.2. The first kappa shape index (κ1) is 24.3. The summed E-state index contributed by atoms with van der Waals surface area (Å²) in [5, 5.41) is 6.80. The van der Waals surface area contributed by atoms with Crippen molar-refractivity contribution in [1.82, 2.24) is 25.2 Å². The van der Waals surface area contributed by atoms with Gasteiger partial charge in [0.2, 0.25) is 27.6 Å². The number of amides is 1. The molecule has 2 heterocycles. The fourth-order valence-electron chi connectivity index (χ4n) is 3.00. The molecule has 33 heavy (non-hydrogen) atoms. The van der Waals surface area contributed by atoms with Crippen molar-refractivity contribution in [2.24, 2.45) is 0 Å². The number of nitrogens with one attached hydrogen (secondary N) is 2. The van der Waals surface area contributed by atoms with Crippen LogP contribution in [0.3, 0.4) is 0 Å². The van der Waals surface area contributed by atoms with E-state index in [9.17, 15) is 13.2 Å². The summed E-state index contributed by atoms with van der Waals surface area (Å²) in [4.78, 5) is 20.2. The minimum Gasteiger partial charge on any atom is -0.497 e. The van der Waals surface area contributed by atoms with Gasteiger partial charge in [0.25, 0.3) is 0 Å². The molecule has 176 valence electrons. The zero-order valence-electron chi connectivity index (χ0n) is 18.4. The predicted molar refractivity (Wildman–Crippen MR) is 121 cm³/mol. The molecule has 0 aliphatic heterocycles. The molecule has 1 aromatic carbocycles. The number of rotatable bonds is 13. The van der Waals surface area contributed by atoms with Crippen LogP contribution in [-0.4, -0.2) is 49.6 Å². The van der Waals surface area contributed by atoms with Crippen molar-refractivity contribution >= 4 is 15.9 Å². The number of methoxy groups -OCH3 is 1. The van der Waals surface area contributed by atoms with Gasteiger partial charge < -0.3 is 14.6 Å². The maximum Gasteiger partial charge on any atom is 0.242 e. The number of unbranched alkanes of at least 4 members (excludes halogenated alkanes) is 2. The molecule has 10 nitrogen and oxygen atoms in total. The summed E-state index contributed by atoms with van der Waals surface area (Å²) >= 11 is 0. The first-order chi connectivity index (χ1) is 16.0. The van der Waals surface area contributed by atoms with E-state index in [0.29, 0.717) is 24.7 Å². The minimum atomic E-state index is -3.65. The smallest absolute Gasteiger partial charge is 0.242 e. The number of aromatic nitrogens is 3. The van der Waals surface area contributed by atoms with Crippen molar-refractivity contribution in [2.75, 3.05) is 20.2 Å². The Bertz CT molecular complexity index is 1120. The van der Waals surface area contributed by atoms with Crippen LogP contribution in [0.2, 0.25) is 0 Å². The molecule has 0 atom stereocenters. The molecule has 0 bridgehead atoms. The zero-order chi connectivity index (χ0) is 23.5. The number of aryl methyl sites for hydroxylation is 1. The summed E-state index contributed by atoms with van der Waals surface area (Å²) in [7, 11) is -2.04. The second kappa shape index (κ2) is 12.1. The summed E-state index contributed by atoms with van der Waals surface area (Å²) in [5.41, 5.74) is 0.858. The Morgan fingerprint density at radius 2 is 1.91 bits per heavy atom. The number of ether oxygens (including phenoxy) is 1. The molecule has 0 fully saturated rings. The van der Waals surface area contributed by atoms with Crippen LogP contribution >= 0.6 is 0 Å². The van der Waals surface area contributed by atoms with E-state index < -0.39 is 10.0 Å². The van der Waals surface area contributed by atoms with Gasteiger partial charge in [-0.25, -0.2) is 13.1 Å². The number of pyridine rings is 1. The topological polar surface area (TPSA) is 136 Å². The van der Waals surface area contributed by atoms with Crippen LogP contribution in [0, 0.1) is 0 Å². The molecule has 0 radical (unpaired) electrons. The van der Waals surface area contributed by atoms with Gasteiger partial charge in [-0.15, -0.1) is 0 Å². The molecule has 0 spiro atoms. The van der Waals surface area contributed by atoms with Gasteiger partial charge in [-0.3, -0.25) is 9.78 Å². The fraction of sp³-hybridized carbons (Fsp3) is 0.364. The van der Waals surface area contributed by atoms with E-state index in [-0.39, 0.29) is 23.8 Å². The van der Waals surface area contributed by atoms with Gasteiger partial charge in [-0.2, -0.15) is 4.98 Å². The minimum absolute atomic E-state index is 0.0246. The maximum atomic E-state index is 12.1. The average molecular weight is 474 g/mol. The van der Waals surface area contributed by atoms with E-state index in [4.69, 9.17) is 9.26 Å². The first-order valence-corrected chi connectivity index (χ1v) is 12.1. The van der Waals surface area contributed by atoms with Gasteiger partial charge in [0.1, 0.15) is 10.6 Å². The highest BCUT2D eigenvalue weighted by Gasteiger charge is 2.14. The molecule has 2 aromatic heterocycles. The second-order valence-corrected chi connectivity index (χ2v) is 9.00. The Morgan fingerprint density at radius 3 is 2.64 bits per heavy atom. The quantitative estimate of drug-likeness (QED) is 0.361. The van der Waals surface area contributed by atoms with E-state index in [1.165, 1.54) is 18.5 Å². The Morgan fingerprint density at radius 1 is 1.09 bits per heavy atom. The van der Waals surface area contributed by atoms with Gasteiger partial charge in [-0.05, 0) is 49.2 Å². The third kappa shape index (κ3) is 7.65. The van der Waals surface area contributed by atoms with Crippen molar-refractivity contribution in [2.45, 2.75) is 37.0 Å². The standard InChI is InChI=1S/C22H27N5O5S/c1-31-18-10-8-17(9-11-18)22-26-21(32-27-22)7-3-2-4-14-24-20(28)12-15-25-33(29,30)19-6-5-13-23-16-19/h5-6,8-11,13,16,25H,2-4,7,12,14-15H2,1H3,(H,24,28). The van der Waals surface area contributed by atoms with Crippen LogP contribution in [0.4, 0.5) is 0 Å². The molecular weight excluding hydrogens is 446 g/mol. The van der Waals surface area contributed by atoms with Gasteiger partial charge in [-0.1, -0.05) is 11.6 Å². The molecule has 3 aromatic rings. The molecular formula is C22H27N5O5S. The Hall–Kier alpha value is -3.31. The summed E-state index contributed by atoms with van der Waals surface area (Å²) in [6.45, 7) is 0.547. The molecule has 0 saturated carbocycles. The van der Waals surface area contributed by atoms with Crippen molar-refractivity contribution in [1.29, 1.82) is 0 Å². The van der Waals surface area contributed by atoms with Crippen LogP contribution in [0.15, 0.2) is 58.2 Å². The van der Waals surface area contributed by atoms with Crippen molar-refractivity contribution < 1.29 is 22.5 Å². The number of carbonyl (C=O) groups is 1. The highest BCUT2D eigenvalue weighted by Crippen LogP contribution is 2.20. The number of benzene rings is 1. The van der Waals surface area contributed by atoms with Gasteiger partial charge in [0, 0.05) is 43.9 Å². The van der Waals surface area contributed by atoms with Crippen LogP contribution in [-0.2, 0) is 21.2 Å². The van der Waals surface area contributed by atoms with E-state index in [1.807, 2.05) is 24.3 Å². The van der Waals surface area contributed by atoms with Crippen molar-refractivity contribution in [3.8, 4) is 17.1 Å². The summed E-state index contributed by atoms with van der Waals surface area (Å²) < 4.78 is 37.0. The van der Waals surface area contributed by atoms with E-state index in [2.05, 4.69) is 25.2 Å². The molecule has 0 aliphatic rings. The maximum absolute atomic E-state index is 12.1. The Kier molecular flexibility index (Phi) is 8.90. The highest BCUT2D eigenvalue weighted by molar-refractivity contribution is 7.89. The van der Waals surface area contributed by atoms with Crippen LogP contribution < -0.4 is 14.8 Å². The molecule has 0 unspecified atom stereocenters. The summed E-state index contributed by atoms with van der Waals surface area (Å²) in [6, 6.07) is 10.4. The summed E-state index contributed by atoms with van der Waals surface area (Å²) in [5.74, 6) is 1.68. The molecule has 0 aliphatic carbocycles. The number of sulfonamides is 1. The van der Waals surface area contributed by atoms with Crippen LogP contribution in [0.25, 0.3) is 11.4 Å². The van der Waals surface area contributed by atoms with Gasteiger partial charge in [0.05, 0.1) is 7.11 Å². The van der Waals surface area contributed by atoms with Crippen molar-refractivity contribution in [3.05, 3.63) is 54.7 Å². The lowest BCUT2D eigenvalue weighted by Crippen LogP contribution is -2.31. The SMILES string of the molecule is COc1ccc(-c2noc(CCCCCNC(=O)CCNS(=O)(=O)c3cccnc3)n2)cc1. The third-order valence-electron chi connectivity index (χ3n) is 4.79. The van der Waals surface area contributed by atoms with E-state index in [0.717, 1.165) is 30.6 Å². The molecule has 2 N–H and O–H groups in total. The van der Waals surface area contributed by atoms with Gasteiger partial charge >= 0.3 is 0 Å². The van der Waals surface area contributed by atoms with Crippen LogP contribution in [0.5, 0.6) is 5.75 Å². The predicted octanol–water partition coefficient (Wildman–Crippen LogP) is 2.34. The van der Waals surface area contributed by atoms with Crippen LogP contribution in [0.1, 0.15) is 31.6 Å². The Labute approximate surface area is 192 Å². The summed E-state index contributed by atoms with van der Waals surface area (Å²) in [6.07, 6.45) is 6.01. The molecule has 1 amide bonds. The number of hydrogen-bond acceptors (Lipinski definition) is 8. The molecule has 0 saturated heterocycles. The average Bonchev–Trinajstić information content (AvgIpc) is 3.31. The number of carbonyl (C=O) groups excluding carboxylic acids is 1. The molecule has 11 heteroatoms. The molecule has 3 rings (SSSR count). The monoisotopic (exact) mass is 473 g/mol. The van der Waals surface area contributed by atoms with Crippen molar-refractivity contribution in [3.63, 3.8) is 0 Å². The normalized spacial score (nSPS) is 11.3. The fourth-order valence-corrected chi connectivity index (χ4v) is 3.99. The first-order valence-electron chi connectivity index (χ1n) is 10.6. The van der Waals surface area contributed by atoms with E-state index >= 15 is 0 Å².